The van der Waals surface area contributed by atoms with Crippen LogP contribution in [0.4, 0.5) is 5.13 Å². The molecule has 1 heterocycles. The molecule has 1 aromatic heterocycles. The summed E-state index contributed by atoms with van der Waals surface area (Å²) >= 11 is 1.36. The van der Waals surface area contributed by atoms with Gasteiger partial charge < -0.3 is 5.32 Å². The summed E-state index contributed by atoms with van der Waals surface area (Å²) in [5, 5.41) is 5.21. The van der Waals surface area contributed by atoms with Crippen LogP contribution in [0, 0.1) is 0 Å². The third-order valence-corrected chi connectivity index (χ3v) is 5.22. The smallest absolute Gasteiger partial charge is 0.226 e. The van der Waals surface area contributed by atoms with Crippen LogP contribution in [0.15, 0.2) is 34.5 Å². The highest BCUT2D eigenvalue weighted by atomic mass is 32.2. The molecular weight excluding hydrogens is 332 g/mol. The first kappa shape index (κ1) is 17.6. The van der Waals surface area contributed by atoms with E-state index in [0.29, 0.717) is 11.6 Å². The Morgan fingerprint density at radius 3 is 2.52 bits per heavy atom. The zero-order valence-electron chi connectivity index (χ0n) is 13.2. The van der Waals surface area contributed by atoms with E-state index in [1.165, 1.54) is 17.6 Å². The summed E-state index contributed by atoms with van der Waals surface area (Å²) in [6.07, 6.45) is 4.69. The summed E-state index contributed by atoms with van der Waals surface area (Å²) in [6, 6.07) is 6.57. The van der Waals surface area contributed by atoms with Crippen molar-refractivity contribution in [2.75, 3.05) is 11.6 Å². The van der Waals surface area contributed by atoms with E-state index < -0.39 is 9.84 Å². The van der Waals surface area contributed by atoms with Gasteiger partial charge in [0.15, 0.2) is 15.0 Å². The largest absolute Gasteiger partial charge is 0.302 e. The van der Waals surface area contributed by atoms with E-state index >= 15 is 0 Å². The highest BCUT2D eigenvalue weighted by molar-refractivity contribution is 7.90. The Morgan fingerprint density at radius 2 is 1.91 bits per heavy atom. The van der Waals surface area contributed by atoms with E-state index in [0.717, 1.165) is 30.5 Å². The Labute approximate surface area is 140 Å². The number of amides is 1. The second-order valence-corrected chi connectivity index (χ2v) is 8.21. The topological polar surface area (TPSA) is 76.1 Å². The van der Waals surface area contributed by atoms with Crippen molar-refractivity contribution in [2.45, 2.75) is 37.5 Å². The van der Waals surface area contributed by atoms with E-state index in [1.54, 1.807) is 24.3 Å². The predicted octanol–water partition coefficient (Wildman–Crippen LogP) is 3.73. The Balaban J connectivity index is 2.03. The quantitative estimate of drug-likeness (QED) is 0.770. The van der Waals surface area contributed by atoms with Gasteiger partial charge in [-0.15, -0.1) is 11.3 Å². The van der Waals surface area contributed by atoms with Crippen molar-refractivity contribution in [1.29, 1.82) is 0 Å². The number of aromatic nitrogens is 1. The van der Waals surface area contributed by atoms with Gasteiger partial charge in [-0.25, -0.2) is 13.4 Å². The van der Waals surface area contributed by atoms with E-state index in [2.05, 4.69) is 17.2 Å². The maximum Gasteiger partial charge on any atom is 0.226 e. The highest BCUT2D eigenvalue weighted by Crippen LogP contribution is 2.26. The number of sulfone groups is 1. The number of nitrogens with zero attached hydrogens (tertiary/aromatic N) is 1. The summed E-state index contributed by atoms with van der Waals surface area (Å²) in [6.45, 7) is 2.10. The lowest BCUT2D eigenvalue weighted by Crippen LogP contribution is -2.10. The SMILES string of the molecule is CCCCCC(=O)Nc1nc(-c2ccc(S(C)(=O)=O)cc2)cs1. The van der Waals surface area contributed by atoms with Gasteiger partial charge in [0.05, 0.1) is 10.6 Å². The van der Waals surface area contributed by atoms with Crippen LogP contribution >= 0.6 is 11.3 Å². The Morgan fingerprint density at radius 1 is 1.22 bits per heavy atom. The molecule has 2 aromatic rings. The minimum Gasteiger partial charge on any atom is -0.302 e. The molecule has 0 aliphatic rings. The fourth-order valence-electron chi connectivity index (χ4n) is 2.05. The normalized spacial score (nSPS) is 11.4. The van der Waals surface area contributed by atoms with Gasteiger partial charge in [0, 0.05) is 23.6 Å². The number of nitrogens with one attached hydrogen (secondary N) is 1. The Kier molecular flexibility index (Phi) is 5.90. The van der Waals surface area contributed by atoms with Crippen molar-refractivity contribution in [3.05, 3.63) is 29.6 Å². The number of thiazole rings is 1. The maximum absolute atomic E-state index is 11.8. The molecule has 1 amide bonds. The molecule has 0 saturated heterocycles. The van der Waals surface area contributed by atoms with Gasteiger partial charge in [-0.3, -0.25) is 4.79 Å². The van der Waals surface area contributed by atoms with Crippen molar-refractivity contribution < 1.29 is 13.2 Å². The van der Waals surface area contributed by atoms with Crippen LogP contribution in [0.1, 0.15) is 32.6 Å². The van der Waals surface area contributed by atoms with E-state index in [-0.39, 0.29) is 10.8 Å². The van der Waals surface area contributed by atoms with E-state index in [4.69, 9.17) is 0 Å². The van der Waals surface area contributed by atoms with Gasteiger partial charge in [-0.05, 0) is 18.6 Å². The molecule has 0 aliphatic carbocycles. The summed E-state index contributed by atoms with van der Waals surface area (Å²) in [4.78, 5) is 16.4. The van der Waals surface area contributed by atoms with Crippen LogP contribution in [0.3, 0.4) is 0 Å². The number of hydrogen-bond donors (Lipinski definition) is 1. The molecule has 0 unspecified atom stereocenters. The molecule has 0 bridgehead atoms. The lowest BCUT2D eigenvalue weighted by molar-refractivity contribution is -0.116. The third-order valence-electron chi connectivity index (χ3n) is 3.34. The second-order valence-electron chi connectivity index (χ2n) is 5.34. The first-order valence-electron chi connectivity index (χ1n) is 7.46. The predicted molar refractivity (Wildman–Crippen MR) is 93.4 cm³/mol. The summed E-state index contributed by atoms with van der Waals surface area (Å²) < 4.78 is 22.9. The minimum atomic E-state index is -3.20. The molecule has 0 fully saturated rings. The maximum atomic E-state index is 11.8. The number of unbranched alkanes of at least 4 members (excludes halogenated alkanes) is 2. The number of hydrogen-bond acceptors (Lipinski definition) is 5. The molecule has 0 saturated carbocycles. The second kappa shape index (κ2) is 7.70. The average molecular weight is 352 g/mol. The Bertz CT molecular complexity index is 765. The van der Waals surface area contributed by atoms with Gasteiger partial charge in [-0.2, -0.15) is 0 Å². The van der Waals surface area contributed by atoms with Gasteiger partial charge in [0.2, 0.25) is 5.91 Å². The molecular formula is C16H20N2O3S2. The standard InChI is InChI=1S/C16H20N2O3S2/c1-3-4-5-6-15(19)18-16-17-14(11-22-16)12-7-9-13(10-8-12)23(2,20)21/h7-11H,3-6H2,1-2H3,(H,17,18,19). The highest BCUT2D eigenvalue weighted by Gasteiger charge is 2.10. The van der Waals surface area contributed by atoms with Gasteiger partial charge in [0.1, 0.15) is 0 Å². The Hall–Kier alpha value is -1.73. The van der Waals surface area contributed by atoms with Crippen molar-refractivity contribution in [2.24, 2.45) is 0 Å². The molecule has 1 N–H and O–H groups in total. The monoisotopic (exact) mass is 352 g/mol. The summed E-state index contributed by atoms with van der Waals surface area (Å²) in [5.41, 5.74) is 1.54. The van der Waals surface area contributed by atoms with Gasteiger partial charge in [0.25, 0.3) is 0 Å². The summed E-state index contributed by atoms with van der Waals surface area (Å²) in [5.74, 6) is -0.0215. The molecule has 23 heavy (non-hydrogen) atoms. The molecule has 0 aliphatic heterocycles. The van der Waals surface area contributed by atoms with Crippen LogP contribution in [-0.2, 0) is 14.6 Å². The van der Waals surface area contributed by atoms with Crippen LogP contribution in [0.5, 0.6) is 0 Å². The van der Waals surface area contributed by atoms with Crippen molar-refractivity contribution in [1.82, 2.24) is 4.98 Å². The van der Waals surface area contributed by atoms with Crippen molar-refractivity contribution in [3.8, 4) is 11.3 Å². The average Bonchev–Trinajstić information content (AvgIpc) is 2.95. The van der Waals surface area contributed by atoms with E-state index in [9.17, 15) is 13.2 Å². The fraction of sp³-hybridized carbons (Fsp3) is 0.375. The van der Waals surface area contributed by atoms with Crippen molar-refractivity contribution in [3.63, 3.8) is 0 Å². The molecule has 0 spiro atoms. The van der Waals surface area contributed by atoms with Gasteiger partial charge >= 0.3 is 0 Å². The lowest BCUT2D eigenvalue weighted by Gasteiger charge is -2.01. The van der Waals surface area contributed by atoms with Gasteiger partial charge in [-0.1, -0.05) is 31.9 Å². The molecule has 7 heteroatoms. The fourth-order valence-corrected chi connectivity index (χ4v) is 3.42. The van der Waals surface area contributed by atoms with Crippen molar-refractivity contribution >= 4 is 32.2 Å². The molecule has 0 radical (unpaired) electrons. The number of rotatable bonds is 7. The summed E-state index contributed by atoms with van der Waals surface area (Å²) in [7, 11) is -3.20. The van der Waals surface area contributed by atoms with Crippen LogP contribution in [-0.4, -0.2) is 25.6 Å². The van der Waals surface area contributed by atoms with Crippen LogP contribution in [0.25, 0.3) is 11.3 Å². The molecule has 2 rings (SSSR count). The molecule has 1 aromatic carbocycles. The number of anilines is 1. The molecule has 5 nitrogen and oxygen atoms in total. The number of carbonyl (C=O) groups excluding carboxylic acids is 1. The lowest BCUT2D eigenvalue weighted by atomic mass is 10.2. The van der Waals surface area contributed by atoms with E-state index in [1.807, 2.05) is 5.38 Å². The number of benzene rings is 1. The number of carbonyl (C=O) groups is 1. The zero-order chi connectivity index (χ0) is 16.9. The molecule has 124 valence electrons. The first-order valence-corrected chi connectivity index (χ1v) is 10.2. The zero-order valence-corrected chi connectivity index (χ0v) is 14.8. The minimum absolute atomic E-state index is 0.0215. The third kappa shape index (κ3) is 5.14. The first-order chi connectivity index (χ1) is 10.9. The molecule has 0 atom stereocenters. The van der Waals surface area contributed by atoms with Crippen LogP contribution < -0.4 is 5.32 Å². The van der Waals surface area contributed by atoms with Crippen LogP contribution in [0.2, 0.25) is 0 Å².